The largest absolute Gasteiger partial charge is 0.370 e. The predicted molar refractivity (Wildman–Crippen MR) is 87.0 cm³/mol. The summed E-state index contributed by atoms with van der Waals surface area (Å²) in [6.45, 7) is 5.00. The van der Waals surface area contributed by atoms with Gasteiger partial charge in [0.05, 0.1) is 0 Å². The number of anilines is 2. The van der Waals surface area contributed by atoms with E-state index in [1.807, 2.05) is 24.5 Å². The molecule has 0 aliphatic carbocycles. The van der Waals surface area contributed by atoms with Crippen LogP contribution in [0, 0.1) is 0 Å². The van der Waals surface area contributed by atoms with Crippen LogP contribution in [-0.4, -0.2) is 39.6 Å². The zero-order chi connectivity index (χ0) is 15.2. The van der Waals surface area contributed by atoms with E-state index < -0.39 is 0 Å². The normalized spacial score (nSPS) is 18.2. The Kier molecular flexibility index (Phi) is 4.78. The molecule has 1 saturated heterocycles. The van der Waals surface area contributed by atoms with Gasteiger partial charge in [-0.1, -0.05) is 6.92 Å². The van der Waals surface area contributed by atoms with Crippen molar-refractivity contribution in [2.24, 2.45) is 0 Å². The van der Waals surface area contributed by atoms with Gasteiger partial charge in [-0.3, -0.25) is 0 Å². The van der Waals surface area contributed by atoms with Crippen LogP contribution in [0.25, 0.3) is 0 Å². The summed E-state index contributed by atoms with van der Waals surface area (Å²) in [6, 6.07) is 3.89. The predicted octanol–water partition coefficient (Wildman–Crippen LogP) is 2.47. The molecule has 6 nitrogen and oxygen atoms in total. The Morgan fingerprint density at radius 1 is 1.23 bits per heavy atom. The van der Waals surface area contributed by atoms with E-state index in [0.717, 1.165) is 56.4 Å². The first-order valence-electron chi connectivity index (χ1n) is 7.94. The molecule has 1 unspecified atom stereocenters. The summed E-state index contributed by atoms with van der Waals surface area (Å²) in [7, 11) is 0. The monoisotopic (exact) mass is 298 g/mol. The number of nitrogens with zero attached hydrogens (tertiary/aromatic N) is 5. The third-order valence-electron chi connectivity index (χ3n) is 3.91. The van der Waals surface area contributed by atoms with Crippen molar-refractivity contribution in [1.82, 2.24) is 19.9 Å². The lowest BCUT2D eigenvalue weighted by molar-refractivity contribution is 0.488. The fourth-order valence-electron chi connectivity index (χ4n) is 2.79. The molecule has 0 saturated carbocycles. The van der Waals surface area contributed by atoms with Gasteiger partial charge in [0.1, 0.15) is 23.8 Å². The highest BCUT2D eigenvalue weighted by Gasteiger charge is 2.24. The molecule has 0 bridgehead atoms. The van der Waals surface area contributed by atoms with Crippen molar-refractivity contribution in [3.63, 3.8) is 0 Å². The highest BCUT2D eigenvalue weighted by atomic mass is 15.2. The molecule has 6 heteroatoms. The van der Waals surface area contributed by atoms with Gasteiger partial charge in [-0.2, -0.15) is 0 Å². The number of rotatable bonds is 5. The van der Waals surface area contributed by atoms with Crippen molar-refractivity contribution in [1.29, 1.82) is 0 Å². The van der Waals surface area contributed by atoms with Crippen molar-refractivity contribution >= 4 is 11.6 Å². The zero-order valence-corrected chi connectivity index (χ0v) is 12.9. The van der Waals surface area contributed by atoms with Gasteiger partial charge in [-0.05, 0) is 25.3 Å². The van der Waals surface area contributed by atoms with Gasteiger partial charge in [-0.25, -0.2) is 19.9 Å². The summed E-state index contributed by atoms with van der Waals surface area (Å²) in [5, 5.41) is 3.31. The molecular formula is C16H22N6. The van der Waals surface area contributed by atoms with Gasteiger partial charge in [-0.15, -0.1) is 0 Å². The minimum absolute atomic E-state index is 0.372. The molecule has 0 radical (unpaired) electrons. The molecule has 2 aromatic heterocycles. The van der Waals surface area contributed by atoms with Gasteiger partial charge in [0.25, 0.3) is 0 Å². The van der Waals surface area contributed by atoms with Crippen LogP contribution >= 0.6 is 0 Å². The van der Waals surface area contributed by atoms with Crippen molar-refractivity contribution in [3.05, 3.63) is 36.7 Å². The Balaban J connectivity index is 1.72. The van der Waals surface area contributed by atoms with E-state index in [4.69, 9.17) is 0 Å². The maximum atomic E-state index is 4.43. The summed E-state index contributed by atoms with van der Waals surface area (Å²) >= 11 is 0. The Hall–Kier alpha value is -2.24. The fourth-order valence-corrected chi connectivity index (χ4v) is 2.79. The van der Waals surface area contributed by atoms with Gasteiger partial charge in [0.2, 0.25) is 0 Å². The Morgan fingerprint density at radius 2 is 2.09 bits per heavy atom. The minimum atomic E-state index is 0.372. The molecule has 0 amide bonds. The van der Waals surface area contributed by atoms with Crippen LogP contribution in [0.2, 0.25) is 0 Å². The minimum Gasteiger partial charge on any atom is -0.370 e. The van der Waals surface area contributed by atoms with E-state index in [1.165, 1.54) is 0 Å². The number of hydrogen-bond acceptors (Lipinski definition) is 6. The van der Waals surface area contributed by atoms with Gasteiger partial charge < -0.3 is 10.2 Å². The second-order valence-electron chi connectivity index (χ2n) is 5.58. The van der Waals surface area contributed by atoms with Crippen LogP contribution in [-0.2, 0) is 0 Å². The van der Waals surface area contributed by atoms with Crippen LogP contribution in [0.1, 0.15) is 37.9 Å². The molecule has 1 N–H and O–H groups in total. The summed E-state index contributed by atoms with van der Waals surface area (Å²) in [4.78, 5) is 19.8. The average Bonchev–Trinajstić information content (AvgIpc) is 2.61. The van der Waals surface area contributed by atoms with Crippen LogP contribution < -0.4 is 10.2 Å². The zero-order valence-electron chi connectivity index (χ0n) is 12.9. The third kappa shape index (κ3) is 3.50. The lowest BCUT2D eigenvalue weighted by atomic mass is 9.97. The maximum Gasteiger partial charge on any atom is 0.134 e. The van der Waals surface area contributed by atoms with Crippen molar-refractivity contribution < 1.29 is 0 Å². The third-order valence-corrected chi connectivity index (χ3v) is 3.91. The first-order valence-corrected chi connectivity index (χ1v) is 7.94. The smallest absolute Gasteiger partial charge is 0.134 e. The molecule has 1 aliphatic heterocycles. The van der Waals surface area contributed by atoms with Crippen LogP contribution in [0.3, 0.4) is 0 Å². The van der Waals surface area contributed by atoms with E-state index in [-0.39, 0.29) is 0 Å². The maximum absolute atomic E-state index is 4.43. The molecule has 0 aromatic carbocycles. The van der Waals surface area contributed by atoms with Gasteiger partial charge in [0, 0.05) is 44.0 Å². The summed E-state index contributed by atoms with van der Waals surface area (Å²) in [5.41, 5.74) is 0. The molecule has 0 spiro atoms. The highest BCUT2D eigenvalue weighted by Crippen LogP contribution is 2.27. The van der Waals surface area contributed by atoms with E-state index in [1.54, 1.807) is 6.33 Å². The number of hydrogen-bond donors (Lipinski definition) is 1. The first-order chi connectivity index (χ1) is 10.9. The molecule has 1 fully saturated rings. The van der Waals surface area contributed by atoms with E-state index in [9.17, 15) is 0 Å². The quantitative estimate of drug-likeness (QED) is 0.914. The molecule has 3 heterocycles. The Bertz CT molecular complexity index is 588. The van der Waals surface area contributed by atoms with Crippen LogP contribution in [0.5, 0.6) is 0 Å². The lowest BCUT2D eigenvalue weighted by Gasteiger charge is -2.32. The van der Waals surface area contributed by atoms with E-state index in [2.05, 4.69) is 37.1 Å². The van der Waals surface area contributed by atoms with Gasteiger partial charge >= 0.3 is 0 Å². The van der Waals surface area contributed by atoms with E-state index >= 15 is 0 Å². The fraction of sp³-hybridized carbons (Fsp3) is 0.500. The first kappa shape index (κ1) is 14.7. The second-order valence-corrected chi connectivity index (χ2v) is 5.58. The van der Waals surface area contributed by atoms with Crippen molar-refractivity contribution in [2.45, 2.75) is 32.1 Å². The van der Waals surface area contributed by atoms with Gasteiger partial charge in [0.15, 0.2) is 0 Å². The molecule has 22 heavy (non-hydrogen) atoms. The Morgan fingerprint density at radius 3 is 2.91 bits per heavy atom. The van der Waals surface area contributed by atoms with E-state index in [0.29, 0.717) is 5.92 Å². The molecule has 3 rings (SSSR count). The lowest BCUT2D eigenvalue weighted by Crippen LogP contribution is -2.35. The Labute approximate surface area is 131 Å². The summed E-state index contributed by atoms with van der Waals surface area (Å²) in [5.74, 6) is 3.18. The second kappa shape index (κ2) is 7.15. The van der Waals surface area contributed by atoms with Crippen molar-refractivity contribution in [2.75, 3.05) is 29.9 Å². The van der Waals surface area contributed by atoms with Crippen molar-refractivity contribution in [3.8, 4) is 0 Å². The van der Waals surface area contributed by atoms with Crippen LogP contribution in [0.15, 0.2) is 30.9 Å². The SMILES string of the molecule is CCCNc1cc(N2CCCC(c3ncccn3)C2)ncn1. The standard InChI is InChI=1S/C16H22N6/c1-2-6-17-14-10-15(21-12-20-14)22-9-3-5-13(11-22)16-18-7-4-8-19-16/h4,7-8,10,12-13H,2-3,5-6,9,11H2,1H3,(H,17,20,21). The number of piperidine rings is 1. The number of aromatic nitrogens is 4. The molecule has 116 valence electrons. The number of nitrogens with one attached hydrogen (secondary N) is 1. The molecule has 1 atom stereocenters. The average molecular weight is 298 g/mol. The molecule has 1 aliphatic rings. The summed E-state index contributed by atoms with van der Waals surface area (Å²) < 4.78 is 0. The highest BCUT2D eigenvalue weighted by molar-refractivity contribution is 5.49. The molecular weight excluding hydrogens is 276 g/mol. The topological polar surface area (TPSA) is 66.8 Å². The van der Waals surface area contributed by atoms with Crippen LogP contribution in [0.4, 0.5) is 11.6 Å². The molecule has 2 aromatic rings. The summed E-state index contributed by atoms with van der Waals surface area (Å²) in [6.07, 6.45) is 8.61.